The third-order valence-corrected chi connectivity index (χ3v) is 15.4. The highest BCUT2D eigenvalue weighted by molar-refractivity contribution is 5.88. The first-order valence-electron chi connectivity index (χ1n) is 21.2. The Morgan fingerprint density at radius 2 is 1.52 bits per heavy atom. The zero-order chi connectivity index (χ0) is 40.5. The Bertz CT molecular complexity index is 1480. The van der Waals surface area contributed by atoms with Crippen molar-refractivity contribution < 1.29 is 14.7 Å². The Kier molecular flexibility index (Phi) is 15.9. The molecule has 1 aromatic carbocycles. The van der Waals surface area contributed by atoms with E-state index in [0.717, 1.165) is 38.3 Å². The number of hydrogen-bond acceptors (Lipinski definition) is 3. The molecule has 1 heterocycles. The van der Waals surface area contributed by atoms with Crippen molar-refractivity contribution >= 4 is 17.4 Å². The lowest BCUT2D eigenvalue weighted by Gasteiger charge is -2.68. The second kappa shape index (κ2) is 19.0. The van der Waals surface area contributed by atoms with Crippen molar-refractivity contribution in [2.75, 3.05) is 19.6 Å². The molecule has 1 amide bonds. The molecule has 1 saturated heterocycles. The van der Waals surface area contributed by atoms with Gasteiger partial charge >= 0.3 is 5.97 Å². The van der Waals surface area contributed by atoms with Crippen LogP contribution in [0.1, 0.15) is 148 Å². The average molecular weight is 739 g/mol. The molecule has 7 rings (SSSR count). The summed E-state index contributed by atoms with van der Waals surface area (Å²) in [5, 5.41) is 13.0. The molecule has 0 spiro atoms. The molecule has 6 aliphatic rings. The molecule has 5 aliphatic carbocycles. The second-order valence-electron chi connectivity index (χ2n) is 17.7. The van der Waals surface area contributed by atoms with Crippen molar-refractivity contribution in [3.05, 3.63) is 54.1 Å². The van der Waals surface area contributed by atoms with Gasteiger partial charge in [-0.2, -0.15) is 0 Å². The molecular weight excluding hydrogens is 665 g/mol. The molecule has 5 heteroatoms. The van der Waals surface area contributed by atoms with Crippen molar-refractivity contribution in [2.24, 2.45) is 51.2 Å². The van der Waals surface area contributed by atoms with E-state index in [1.165, 1.54) is 75.5 Å². The minimum Gasteiger partial charge on any atom is -0.478 e. The van der Waals surface area contributed by atoms with Crippen LogP contribution in [0.15, 0.2) is 43.0 Å². The van der Waals surface area contributed by atoms with Crippen molar-refractivity contribution in [1.82, 2.24) is 10.2 Å². The van der Waals surface area contributed by atoms with Crippen LogP contribution in [0.5, 0.6) is 0 Å². The standard InChI is InChI=1S/C40H58N2O3.C3H6.C2H6.2C2H2/c1-6-42-24-8-9-28(42)25-41-36(45)40-20-7-10-32(40)29-15-16-34-38(4,31(29)18-23-40)22-19-33-37(2,3)30(17-21-39(33,34)5)26-11-13-27(14-12-26)35(43)44;1-3-2;3*1-2/h11-14,17,28-29,31-34H,6-10,15-16,18-25H2,1-5H3,(H,41,45)(H,43,44);3H,1H2,2H3;1-2H3;2*1-2H/t28?,29-,31?,32?,33?,34?,38-,39-,40-;;;;/m0..../s1. The van der Waals surface area contributed by atoms with Gasteiger partial charge in [0, 0.05) is 12.6 Å². The van der Waals surface area contributed by atoms with Crippen molar-refractivity contribution in [3.63, 3.8) is 0 Å². The van der Waals surface area contributed by atoms with Crippen molar-refractivity contribution in [1.29, 1.82) is 0 Å². The number of aromatic carboxylic acids is 1. The lowest BCUT2D eigenvalue weighted by molar-refractivity contribution is -0.181. The van der Waals surface area contributed by atoms with Gasteiger partial charge in [-0.1, -0.05) is 79.2 Å². The molecule has 5 nitrogen and oxygen atoms in total. The number of likely N-dealkylation sites (tertiary alicyclic amines) is 1. The number of rotatable bonds is 6. The zero-order valence-corrected chi connectivity index (χ0v) is 35.3. The van der Waals surface area contributed by atoms with Crippen LogP contribution in [0, 0.1) is 76.9 Å². The number of carbonyl (C=O) groups excluding carboxylic acids is 1. The molecule has 9 atom stereocenters. The summed E-state index contributed by atoms with van der Waals surface area (Å²) in [4.78, 5) is 28.2. The fraction of sp³-hybridized carbons (Fsp3) is 0.673. The van der Waals surface area contributed by atoms with E-state index in [1.54, 1.807) is 18.2 Å². The topological polar surface area (TPSA) is 69.6 Å². The van der Waals surface area contributed by atoms with Crippen LogP contribution in [0.2, 0.25) is 0 Å². The summed E-state index contributed by atoms with van der Waals surface area (Å²) < 4.78 is 0. The summed E-state index contributed by atoms with van der Waals surface area (Å²) in [7, 11) is 0. The predicted molar refractivity (Wildman–Crippen MR) is 228 cm³/mol. The van der Waals surface area contributed by atoms with Gasteiger partial charge in [-0.15, -0.1) is 32.3 Å². The number of terminal acetylenes is 2. The van der Waals surface area contributed by atoms with Gasteiger partial charge in [-0.05, 0) is 160 Å². The first-order valence-corrected chi connectivity index (χ1v) is 21.2. The number of nitrogens with one attached hydrogen (secondary N) is 1. The van der Waals surface area contributed by atoms with Gasteiger partial charge in [-0.25, -0.2) is 4.79 Å². The molecule has 1 aromatic rings. The lowest BCUT2D eigenvalue weighted by atomic mass is 9.36. The van der Waals surface area contributed by atoms with Crippen LogP contribution in [-0.2, 0) is 4.79 Å². The molecule has 1 aliphatic heterocycles. The van der Waals surface area contributed by atoms with E-state index in [4.69, 9.17) is 0 Å². The minimum absolute atomic E-state index is 0.0356. The molecule has 0 aromatic heterocycles. The van der Waals surface area contributed by atoms with Gasteiger partial charge in [0.2, 0.25) is 5.91 Å². The maximum Gasteiger partial charge on any atom is 0.335 e. The van der Waals surface area contributed by atoms with E-state index >= 15 is 0 Å². The number of carboxylic acid groups (broad SMARTS) is 1. The number of hydrogen-bond donors (Lipinski definition) is 2. The number of fused-ring (bicyclic) bond motifs is 7. The van der Waals surface area contributed by atoms with E-state index in [-0.39, 0.29) is 16.2 Å². The summed E-state index contributed by atoms with van der Waals surface area (Å²) in [5.41, 5.74) is 3.46. The number of allylic oxidation sites excluding steroid dienone is 3. The highest BCUT2D eigenvalue weighted by Gasteiger charge is 2.66. The zero-order valence-electron chi connectivity index (χ0n) is 35.3. The molecule has 298 valence electrons. The van der Waals surface area contributed by atoms with E-state index in [9.17, 15) is 14.7 Å². The summed E-state index contributed by atoms with van der Waals surface area (Å²) in [6.45, 7) is 24.8. The monoisotopic (exact) mass is 739 g/mol. The number of carbonyl (C=O) groups is 2. The van der Waals surface area contributed by atoms with Gasteiger partial charge in [0.05, 0.1) is 11.0 Å². The molecular formula is C49H74N2O3. The summed E-state index contributed by atoms with van der Waals surface area (Å²) >= 11 is 0. The van der Waals surface area contributed by atoms with Crippen LogP contribution < -0.4 is 5.32 Å². The van der Waals surface area contributed by atoms with Crippen LogP contribution in [-0.4, -0.2) is 47.6 Å². The number of nitrogens with zero attached hydrogens (tertiary/aromatic N) is 1. The molecule has 5 fully saturated rings. The third kappa shape index (κ3) is 8.01. The molecule has 0 bridgehead atoms. The Hall–Kier alpha value is -3.28. The van der Waals surface area contributed by atoms with Crippen LogP contribution in [0.3, 0.4) is 0 Å². The summed E-state index contributed by atoms with van der Waals surface area (Å²) in [6.07, 6.45) is 34.9. The fourth-order valence-corrected chi connectivity index (χ4v) is 13.4. The predicted octanol–water partition coefficient (Wildman–Crippen LogP) is 11.2. The Labute approximate surface area is 330 Å². The first kappa shape index (κ1) is 45.1. The number of carboxylic acids is 1. The average Bonchev–Trinajstić information content (AvgIpc) is 3.84. The van der Waals surface area contributed by atoms with Crippen molar-refractivity contribution in [3.8, 4) is 25.7 Å². The van der Waals surface area contributed by atoms with Crippen molar-refractivity contribution in [2.45, 2.75) is 138 Å². The maximum absolute atomic E-state index is 14.1. The fourth-order valence-electron chi connectivity index (χ4n) is 13.4. The molecule has 54 heavy (non-hydrogen) atoms. The van der Waals surface area contributed by atoms with E-state index in [2.05, 4.69) is 83.2 Å². The van der Waals surface area contributed by atoms with Gasteiger partial charge in [0.1, 0.15) is 0 Å². The summed E-state index contributed by atoms with van der Waals surface area (Å²) in [6, 6.07) is 8.11. The number of amides is 1. The van der Waals surface area contributed by atoms with Gasteiger partial charge in [0.25, 0.3) is 0 Å². The molecule has 4 saturated carbocycles. The lowest BCUT2D eigenvalue weighted by Crippen LogP contribution is -2.62. The van der Waals surface area contributed by atoms with E-state index in [0.29, 0.717) is 46.6 Å². The Balaban J connectivity index is 0.000000807. The van der Waals surface area contributed by atoms with Gasteiger partial charge < -0.3 is 10.4 Å². The number of benzene rings is 1. The van der Waals surface area contributed by atoms with Crippen LogP contribution in [0.4, 0.5) is 0 Å². The molecule has 0 radical (unpaired) electrons. The maximum atomic E-state index is 14.1. The first-order chi connectivity index (χ1) is 25.9. The Morgan fingerprint density at radius 1 is 0.870 bits per heavy atom. The number of likely N-dealkylation sites (N-methyl/N-ethyl adjacent to an activating group) is 1. The van der Waals surface area contributed by atoms with Gasteiger partial charge in [-0.3, -0.25) is 9.69 Å². The SMILES string of the molecule is C#C.C#C.C=CC.CC.CCN1CCCC1CNC(=O)[C@]12CCCC1[C@H]1CCC3[C@@](C)(CCC4C(C)(C)C(c5ccc(C(=O)O)cc5)=CC[C@@]43C)C1CC2. The minimum atomic E-state index is -0.862. The van der Waals surface area contributed by atoms with E-state index < -0.39 is 5.97 Å². The smallest absolute Gasteiger partial charge is 0.335 e. The Morgan fingerprint density at radius 3 is 2.13 bits per heavy atom. The van der Waals surface area contributed by atoms with E-state index in [1.807, 2.05) is 32.9 Å². The third-order valence-electron chi connectivity index (χ3n) is 15.4. The van der Waals surface area contributed by atoms with Gasteiger partial charge in [0.15, 0.2) is 0 Å². The van der Waals surface area contributed by atoms with Crippen LogP contribution >= 0.6 is 0 Å². The second-order valence-corrected chi connectivity index (χ2v) is 17.7. The quantitative estimate of drug-likeness (QED) is 0.225. The summed E-state index contributed by atoms with van der Waals surface area (Å²) in [5.74, 6) is 2.85. The van der Waals surface area contributed by atoms with Crippen LogP contribution in [0.25, 0.3) is 5.57 Å². The molecule has 2 N–H and O–H groups in total. The highest BCUT2D eigenvalue weighted by atomic mass is 16.4. The highest BCUT2D eigenvalue weighted by Crippen LogP contribution is 2.73. The largest absolute Gasteiger partial charge is 0.478 e. The molecule has 5 unspecified atom stereocenters. The normalized spacial score (nSPS) is 35.5.